The smallest absolute Gasteiger partial charge is 0.291 e. The number of carbonyl (C=O) groups is 3. The molecular weight excluding hydrogens is 767 g/mol. The van der Waals surface area contributed by atoms with Gasteiger partial charge < -0.3 is 55.8 Å². The molecule has 16 heteroatoms. The van der Waals surface area contributed by atoms with Crippen LogP contribution < -0.4 is 30.1 Å². The predicted octanol–water partition coefficient (Wildman–Crippen LogP) is 4.41. The molecule has 0 saturated heterocycles. The summed E-state index contributed by atoms with van der Waals surface area (Å²) >= 11 is 0.981. The van der Waals surface area contributed by atoms with Crippen molar-refractivity contribution in [3.63, 3.8) is 0 Å². The van der Waals surface area contributed by atoms with Crippen molar-refractivity contribution in [3.05, 3.63) is 36.4 Å². The van der Waals surface area contributed by atoms with Crippen LogP contribution in [0, 0.1) is 0 Å². The average molecular weight is 834 g/mol. The summed E-state index contributed by atoms with van der Waals surface area (Å²) in [6.45, 7) is 11.8. The molecular formula is C42H67N5O10S. The maximum atomic E-state index is 13.8. The monoisotopic (exact) mass is 833 g/mol. The van der Waals surface area contributed by atoms with E-state index in [9.17, 15) is 39.9 Å². The molecule has 58 heavy (non-hydrogen) atoms. The number of thioether (sulfide) groups is 1. The van der Waals surface area contributed by atoms with Crippen LogP contribution in [0.3, 0.4) is 0 Å². The molecule has 0 unspecified atom stereocenters. The van der Waals surface area contributed by atoms with Crippen molar-refractivity contribution in [2.24, 2.45) is 0 Å². The van der Waals surface area contributed by atoms with Gasteiger partial charge in [-0.05, 0) is 64.8 Å². The Hall–Kier alpha value is -3.64. The van der Waals surface area contributed by atoms with Gasteiger partial charge in [0.05, 0.1) is 23.7 Å². The molecule has 0 radical (unpaired) electrons. The van der Waals surface area contributed by atoms with Crippen LogP contribution in [0.25, 0.3) is 0 Å². The van der Waals surface area contributed by atoms with Gasteiger partial charge in [-0.2, -0.15) is 0 Å². The second kappa shape index (κ2) is 25.8. The Morgan fingerprint density at radius 3 is 1.55 bits per heavy atom. The zero-order valence-electron chi connectivity index (χ0n) is 34.6. The third-order valence-electron chi connectivity index (χ3n) is 10.5. The molecule has 5 atom stereocenters. The molecule has 2 aromatic rings. The fourth-order valence-electron chi connectivity index (χ4n) is 6.88. The predicted molar refractivity (Wildman–Crippen MR) is 229 cm³/mol. The summed E-state index contributed by atoms with van der Waals surface area (Å²) < 4.78 is 6.43. The highest BCUT2D eigenvalue weighted by atomic mass is 32.2. The molecule has 1 heterocycles. The van der Waals surface area contributed by atoms with E-state index in [4.69, 9.17) is 9.84 Å². The summed E-state index contributed by atoms with van der Waals surface area (Å²) in [5.74, 6) is 0.137. The topological polar surface area (TPSA) is 216 Å². The van der Waals surface area contributed by atoms with Crippen molar-refractivity contribution < 1.29 is 49.8 Å². The minimum Gasteiger partial charge on any atom is -0.453 e. The van der Waals surface area contributed by atoms with Gasteiger partial charge in [0.2, 0.25) is 5.91 Å². The summed E-state index contributed by atoms with van der Waals surface area (Å²) in [5, 5.41) is 62.8. The maximum absolute atomic E-state index is 13.8. The first-order valence-electron chi connectivity index (χ1n) is 20.9. The molecule has 1 aliphatic heterocycles. The molecule has 1 aliphatic rings. The molecule has 2 aromatic carbocycles. The lowest BCUT2D eigenvalue weighted by Gasteiger charge is -2.33. The van der Waals surface area contributed by atoms with Crippen LogP contribution in [0.4, 0.5) is 27.5 Å². The first-order valence-corrected chi connectivity index (χ1v) is 21.9. The fourth-order valence-corrected chi connectivity index (χ4v) is 7.57. The van der Waals surface area contributed by atoms with Gasteiger partial charge in [0, 0.05) is 62.8 Å². The number of rotatable bonds is 27. The number of amides is 3. The van der Waals surface area contributed by atoms with Crippen LogP contribution in [0.2, 0.25) is 0 Å². The van der Waals surface area contributed by atoms with Crippen LogP contribution >= 0.6 is 11.8 Å². The number of hydrogen-bond acceptors (Lipinski definition) is 13. The van der Waals surface area contributed by atoms with Crippen molar-refractivity contribution in [2.45, 2.75) is 122 Å². The van der Waals surface area contributed by atoms with E-state index in [1.165, 1.54) is 0 Å². The van der Waals surface area contributed by atoms with Crippen LogP contribution in [0.15, 0.2) is 36.4 Å². The van der Waals surface area contributed by atoms with Gasteiger partial charge in [-0.1, -0.05) is 63.1 Å². The van der Waals surface area contributed by atoms with E-state index in [0.29, 0.717) is 35.8 Å². The summed E-state index contributed by atoms with van der Waals surface area (Å²) in [7, 11) is 0. The van der Waals surface area contributed by atoms with Gasteiger partial charge in [0.1, 0.15) is 24.4 Å². The number of nitrogens with zero attached hydrogens (tertiary/aromatic N) is 3. The number of anilines is 4. The van der Waals surface area contributed by atoms with E-state index < -0.39 is 43.0 Å². The molecule has 3 amide bonds. The molecule has 3 rings (SSSR count). The Morgan fingerprint density at radius 2 is 1.10 bits per heavy atom. The van der Waals surface area contributed by atoms with Crippen LogP contribution in [0.5, 0.6) is 11.5 Å². The number of benzene rings is 2. The molecule has 0 aromatic heterocycles. The first kappa shape index (κ1) is 48.7. The lowest BCUT2D eigenvalue weighted by molar-refractivity contribution is -0.156. The Morgan fingerprint density at radius 1 is 0.655 bits per heavy atom. The zero-order valence-corrected chi connectivity index (χ0v) is 35.5. The van der Waals surface area contributed by atoms with Gasteiger partial charge in [-0.25, -0.2) is 0 Å². The quantitative estimate of drug-likeness (QED) is 0.0587. The number of hydrogen-bond donors (Lipinski definition) is 8. The molecule has 0 spiro atoms. The normalized spacial score (nSPS) is 14.6. The number of nitrogens with one attached hydrogen (secondary N) is 2. The number of aliphatic hydroxyl groups excluding tert-OH is 6. The van der Waals surface area contributed by atoms with Gasteiger partial charge in [-0.15, -0.1) is 0 Å². The maximum Gasteiger partial charge on any atom is 0.291 e. The van der Waals surface area contributed by atoms with Crippen molar-refractivity contribution in [3.8, 4) is 11.5 Å². The van der Waals surface area contributed by atoms with E-state index in [2.05, 4.69) is 48.1 Å². The number of fused-ring (bicyclic) bond motifs is 2. The molecule has 0 bridgehead atoms. The standard InChI is InChI=1S/C42H67N5O10S/c1-5-45(6-2)29-19-21-31-34(25-29)57-35-26-30(46(7-3)8-4)20-22-32(35)47(31)42(56)58-28-36(50)43-23-17-15-13-11-9-10-12-14-16-18-24-44-41(55)40(54)39(53)38(52)37(51)33(49)27-48/h19-22,25-26,33,37-40,48-49,51-54H,5-18,23-24,27-28H2,1-4H3,(H,43,50)(H,44,55)/t33-,37-,38+,39-,40-/m1/s1. The van der Waals surface area contributed by atoms with Gasteiger partial charge in [0.15, 0.2) is 17.6 Å². The van der Waals surface area contributed by atoms with Crippen molar-refractivity contribution in [1.82, 2.24) is 10.6 Å². The lowest BCUT2D eigenvalue weighted by atomic mass is 9.99. The van der Waals surface area contributed by atoms with E-state index in [1.54, 1.807) is 4.90 Å². The number of aliphatic hydroxyl groups is 6. The Kier molecular flexibility index (Phi) is 21.6. The number of unbranched alkanes of at least 4 members (excludes halogenated alkanes) is 9. The Bertz CT molecular complexity index is 1500. The number of carbonyl (C=O) groups excluding carboxylic acids is 3. The van der Waals surface area contributed by atoms with Crippen LogP contribution in [0.1, 0.15) is 91.9 Å². The van der Waals surface area contributed by atoms with Gasteiger partial charge in [0.25, 0.3) is 11.1 Å². The molecule has 0 saturated carbocycles. The summed E-state index contributed by atoms with van der Waals surface area (Å²) in [4.78, 5) is 44.7. The highest BCUT2D eigenvalue weighted by Gasteiger charge is 2.37. The van der Waals surface area contributed by atoms with Crippen LogP contribution in [-0.4, -0.2) is 130 Å². The lowest BCUT2D eigenvalue weighted by Crippen LogP contribution is -2.54. The second-order valence-corrected chi connectivity index (χ2v) is 15.4. The first-order chi connectivity index (χ1) is 27.9. The Labute approximate surface area is 347 Å². The largest absolute Gasteiger partial charge is 0.453 e. The number of ether oxygens (including phenoxy) is 1. The van der Waals surface area contributed by atoms with E-state index in [-0.39, 0.29) is 23.4 Å². The summed E-state index contributed by atoms with van der Waals surface area (Å²) in [5.41, 5.74) is 3.33. The van der Waals surface area contributed by atoms with Crippen LogP contribution in [-0.2, 0) is 9.59 Å². The molecule has 326 valence electrons. The minimum absolute atomic E-state index is 0.0143. The van der Waals surface area contributed by atoms with Gasteiger partial charge >= 0.3 is 0 Å². The van der Waals surface area contributed by atoms with Gasteiger partial charge in [-0.3, -0.25) is 19.3 Å². The minimum atomic E-state index is -2.03. The molecule has 0 aliphatic carbocycles. The van der Waals surface area contributed by atoms with Crippen molar-refractivity contribution >= 4 is 51.6 Å². The van der Waals surface area contributed by atoms with E-state index in [0.717, 1.165) is 107 Å². The highest BCUT2D eigenvalue weighted by molar-refractivity contribution is 8.14. The molecule has 8 N–H and O–H groups in total. The van der Waals surface area contributed by atoms with E-state index in [1.807, 2.05) is 36.4 Å². The summed E-state index contributed by atoms with van der Waals surface area (Å²) in [6.07, 6.45) is 0.0918. The average Bonchev–Trinajstić information content (AvgIpc) is 3.23. The third-order valence-corrected chi connectivity index (χ3v) is 11.3. The highest BCUT2D eigenvalue weighted by Crippen LogP contribution is 2.50. The third kappa shape index (κ3) is 14.3. The SMILES string of the molecule is CCN(CC)c1ccc2c(c1)Oc1cc(N(CC)CC)ccc1N2C(=O)SCC(=O)NCCCCCCCCCCCCNC(=O)[C@H](O)[C@H](O)[C@@H](O)[C@H](O)[C@H](O)CO. The zero-order chi connectivity index (χ0) is 42.6. The second-order valence-electron chi connectivity index (χ2n) is 14.5. The Balaban J connectivity index is 1.31. The molecule has 0 fully saturated rings. The molecule has 15 nitrogen and oxygen atoms in total. The van der Waals surface area contributed by atoms with E-state index >= 15 is 0 Å². The van der Waals surface area contributed by atoms with Crippen molar-refractivity contribution in [1.29, 1.82) is 0 Å². The summed E-state index contributed by atoms with van der Waals surface area (Å²) in [6, 6.07) is 11.8. The fraction of sp³-hybridized carbons (Fsp3) is 0.643. The van der Waals surface area contributed by atoms with Crippen molar-refractivity contribution in [2.75, 3.05) is 66.3 Å².